The number of thiophene rings is 1. The molecule has 0 unspecified atom stereocenters. The predicted octanol–water partition coefficient (Wildman–Crippen LogP) is 3.10. The lowest BCUT2D eigenvalue weighted by Crippen LogP contribution is -2.42. The number of likely N-dealkylation sites (tertiary alicyclic amines) is 1. The first-order valence-corrected chi connectivity index (χ1v) is 8.03. The van der Waals surface area contributed by atoms with Crippen molar-refractivity contribution in [2.24, 2.45) is 0 Å². The van der Waals surface area contributed by atoms with Crippen LogP contribution >= 0.6 is 11.3 Å². The van der Waals surface area contributed by atoms with Gasteiger partial charge < -0.3 is 4.74 Å². The van der Waals surface area contributed by atoms with Gasteiger partial charge in [0.15, 0.2) is 0 Å². The number of aromatic nitrogens is 1. The van der Waals surface area contributed by atoms with Gasteiger partial charge in [-0.1, -0.05) is 0 Å². The molecule has 0 bridgehead atoms. The second-order valence-corrected chi connectivity index (χ2v) is 6.71. The topological polar surface area (TPSA) is 25.4 Å². The van der Waals surface area contributed by atoms with Crippen LogP contribution < -0.4 is 0 Å². The Labute approximate surface area is 127 Å². The first-order valence-electron chi connectivity index (χ1n) is 7.21. The van der Waals surface area contributed by atoms with Gasteiger partial charge in [0, 0.05) is 41.7 Å². The van der Waals surface area contributed by atoms with E-state index < -0.39 is 5.95 Å². The van der Waals surface area contributed by atoms with Gasteiger partial charge in [0.2, 0.25) is 5.95 Å². The molecule has 0 aliphatic carbocycles. The molecular weight excluding hydrogens is 287 g/mol. The number of pyridine rings is 1. The Morgan fingerprint density at radius 2 is 2.29 bits per heavy atom. The van der Waals surface area contributed by atoms with Gasteiger partial charge in [-0.3, -0.25) is 4.90 Å². The SMILES string of the molecule is Fc1cc2c(cn1)COC21CCN(Cc2cc[c]s2)CC1. The van der Waals surface area contributed by atoms with Crippen LogP contribution in [-0.2, 0) is 23.5 Å². The van der Waals surface area contributed by atoms with Crippen molar-refractivity contribution in [3.05, 3.63) is 51.7 Å². The summed E-state index contributed by atoms with van der Waals surface area (Å²) >= 11 is 1.68. The Bertz CT molecular complexity index is 636. The van der Waals surface area contributed by atoms with Gasteiger partial charge in [-0.05, 0) is 36.6 Å². The number of fused-ring (bicyclic) bond motifs is 2. The summed E-state index contributed by atoms with van der Waals surface area (Å²) in [5, 5.41) is 3.13. The van der Waals surface area contributed by atoms with Crippen molar-refractivity contribution >= 4 is 11.3 Å². The first-order chi connectivity index (χ1) is 10.3. The smallest absolute Gasteiger partial charge is 0.213 e. The molecular formula is C16H16FN2OS. The Kier molecular flexibility index (Phi) is 3.28. The molecule has 3 nitrogen and oxygen atoms in total. The predicted molar refractivity (Wildman–Crippen MR) is 78.3 cm³/mol. The molecule has 2 aliphatic rings. The average molecular weight is 303 g/mol. The molecule has 5 heteroatoms. The largest absolute Gasteiger partial charge is 0.365 e. The van der Waals surface area contributed by atoms with Gasteiger partial charge in [-0.25, -0.2) is 4.98 Å². The van der Waals surface area contributed by atoms with Crippen molar-refractivity contribution in [2.75, 3.05) is 13.1 Å². The van der Waals surface area contributed by atoms with Crippen LogP contribution in [0.5, 0.6) is 0 Å². The zero-order valence-electron chi connectivity index (χ0n) is 11.6. The van der Waals surface area contributed by atoms with E-state index in [4.69, 9.17) is 4.74 Å². The van der Waals surface area contributed by atoms with E-state index in [-0.39, 0.29) is 5.60 Å². The number of hydrogen-bond donors (Lipinski definition) is 0. The standard InChI is InChI=1S/C16H16FN2OS/c17-15-8-14-12(9-18-15)11-20-16(14)3-5-19(6-4-16)10-13-2-1-7-21-13/h1-2,8-9H,3-6,10-11H2. The number of halogens is 1. The number of hydrogen-bond acceptors (Lipinski definition) is 4. The minimum atomic E-state index is -0.407. The van der Waals surface area contributed by atoms with Gasteiger partial charge in [-0.2, -0.15) is 4.39 Å². The molecule has 0 aromatic carbocycles. The van der Waals surface area contributed by atoms with Crippen molar-refractivity contribution < 1.29 is 9.13 Å². The van der Waals surface area contributed by atoms with E-state index in [2.05, 4.69) is 21.3 Å². The Balaban J connectivity index is 1.49. The van der Waals surface area contributed by atoms with Gasteiger partial charge >= 0.3 is 0 Å². The summed E-state index contributed by atoms with van der Waals surface area (Å²) in [6.45, 7) is 3.48. The van der Waals surface area contributed by atoms with E-state index >= 15 is 0 Å². The van der Waals surface area contributed by atoms with Crippen LogP contribution in [0.2, 0.25) is 0 Å². The number of piperidine rings is 1. The fourth-order valence-electron chi connectivity index (χ4n) is 3.35. The lowest BCUT2D eigenvalue weighted by molar-refractivity contribution is -0.0798. The van der Waals surface area contributed by atoms with Crippen LogP contribution in [0.1, 0.15) is 28.8 Å². The van der Waals surface area contributed by atoms with Crippen molar-refractivity contribution in [3.63, 3.8) is 0 Å². The minimum Gasteiger partial charge on any atom is -0.365 e. The molecule has 1 fully saturated rings. The molecule has 1 spiro atoms. The van der Waals surface area contributed by atoms with Crippen molar-refractivity contribution in [3.8, 4) is 0 Å². The molecule has 2 aliphatic heterocycles. The molecule has 0 saturated carbocycles. The third-order valence-electron chi connectivity index (χ3n) is 4.52. The normalized spacial score (nSPS) is 20.8. The van der Waals surface area contributed by atoms with E-state index in [9.17, 15) is 4.39 Å². The monoisotopic (exact) mass is 303 g/mol. The lowest BCUT2D eigenvalue weighted by Gasteiger charge is -2.39. The molecule has 2 aromatic heterocycles. The van der Waals surface area contributed by atoms with E-state index in [1.807, 2.05) is 6.07 Å². The number of rotatable bonds is 2. The summed E-state index contributed by atoms with van der Waals surface area (Å²) in [5.74, 6) is -0.407. The molecule has 0 N–H and O–H groups in total. The van der Waals surface area contributed by atoms with Crippen LogP contribution in [0.15, 0.2) is 24.4 Å². The molecule has 1 saturated heterocycles. The second kappa shape index (κ2) is 5.16. The van der Waals surface area contributed by atoms with Crippen LogP contribution in [0, 0.1) is 11.3 Å². The third kappa shape index (κ3) is 2.39. The van der Waals surface area contributed by atoms with Crippen molar-refractivity contribution in [1.29, 1.82) is 0 Å². The van der Waals surface area contributed by atoms with Crippen LogP contribution in [0.25, 0.3) is 0 Å². The maximum absolute atomic E-state index is 13.4. The maximum atomic E-state index is 13.4. The third-order valence-corrected chi connectivity index (χ3v) is 5.30. The Morgan fingerprint density at radius 1 is 1.43 bits per heavy atom. The van der Waals surface area contributed by atoms with E-state index in [0.717, 1.165) is 43.6 Å². The van der Waals surface area contributed by atoms with Crippen LogP contribution in [0.4, 0.5) is 4.39 Å². The van der Waals surface area contributed by atoms with E-state index in [1.54, 1.807) is 23.6 Å². The summed E-state index contributed by atoms with van der Waals surface area (Å²) in [4.78, 5) is 7.51. The Morgan fingerprint density at radius 3 is 3.05 bits per heavy atom. The zero-order valence-corrected chi connectivity index (χ0v) is 12.5. The number of nitrogens with zero attached hydrogens (tertiary/aromatic N) is 2. The molecule has 4 rings (SSSR count). The highest BCUT2D eigenvalue weighted by Gasteiger charge is 2.43. The second-order valence-electron chi connectivity index (χ2n) is 5.74. The molecule has 21 heavy (non-hydrogen) atoms. The lowest BCUT2D eigenvalue weighted by atomic mass is 9.84. The quantitative estimate of drug-likeness (QED) is 0.797. The van der Waals surface area contributed by atoms with Gasteiger partial charge in [0.05, 0.1) is 12.2 Å². The zero-order chi connectivity index (χ0) is 14.3. The fourth-order valence-corrected chi connectivity index (χ4v) is 4.02. The van der Waals surface area contributed by atoms with Gasteiger partial charge in [0.25, 0.3) is 0 Å². The first kappa shape index (κ1) is 13.4. The summed E-state index contributed by atoms with van der Waals surface area (Å²) in [6.07, 6.45) is 3.45. The highest BCUT2D eigenvalue weighted by atomic mass is 32.1. The Hall–Kier alpha value is -1.30. The highest BCUT2D eigenvalue weighted by molar-refractivity contribution is 7.09. The molecule has 1 radical (unpaired) electrons. The summed E-state index contributed by atoms with van der Waals surface area (Å²) in [6, 6.07) is 5.65. The van der Waals surface area contributed by atoms with Crippen molar-refractivity contribution in [2.45, 2.75) is 31.6 Å². The van der Waals surface area contributed by atoms with E-state index in [0.29, 0.717) is 6.61 Å². The maximum Gasteiger partial charge on any atom is 0.213 e. The van der Waals surface area contributed by atoms with Crippen LogP contribution in [-0.4, -0.2) is 23.0 Å². The molecule has 2 aromatic rings. The van der Waals surface area contributed by atoms with E-state index in [1.165, 1.54) is 4.88 Å². The fraction of sp³-hybridized carbons (Fsp3) is 0.438. The highest BCUT2D eigenvalue weighted by Crippen LogP contribution is 2.44. The number of ether oxygens (including phenoxy) is 1. The van der Waals surface area contributed by atoms with Crippen molar-refractivity contribution in [1.82, 2.24) is 9.88 Å². The summed E-state index contributed by atoms with van der Waals surface area (Å²) in [7, 11) is 0. The summed E-state index contributed by atoms with van der Waals surface area (Å²) in [5.41, 5.74) is 1.76. The van der Waals surface area contributed by atoms with Gasteiger partial charge in [0.1, 0.15) is 0 Å². The minimum absolute atomic E-state index is 0.294. The molecule has 0 amide bonds. The van der Waals surface area contributed by atoms with Gasteiger partial charge in [-0.15, -0.1) is 11.3 Å². The molecule has 0 atom stereocenters. The average Bonchev–Trinajstić information content (AvgIpc) is 3.11. The molecule has 109 valence electrons. The van der Waals surface area contributed by atoms with Crippen LogP contribution in [0.3, 0.4) is 0 Å². The molecule has 4 heterocycles. The summed E-state index contributed by atoms with van der Waals surface area (Å²) < 4.78 is 19.5.